The van der Waals surface area contributed by atoms with Gasteiger partial charge in [-0.15, -0.1) is 0 Å². The highest BCUT2D eigenvalue weighted by Gasteiger charge is 2.29. The van der Waals surface area contributed by atoms with Crippen molar-refractivity contribution >= 4 is 23.8 Å². The Morgan fingerprint density at radius 1 is 1.44 bits per heavy atom. The van der Waals surface area contributed by atoms with Crippen LogP contribution in [0.15, 0.2) is 0 Å². The topological polar surface area (TPSA) is 89.9 Å². The van der Waals surface area contributed by atoms with E-state index < -0.39 is 23.6 Å². The lowest BCUT2D eigenvalue weighted by Gasteiger charge is -2.34. The molecule has 3 N–H and O–H groups in total. The van der Waals surface area contributed by atoms with Crippen molar-refractivity contribution in [3.63, 3.8) is 0 Å². The summed E-state index contributed by atoms with van der Waals surface area (Å²) >= 11 is 1.52. The smallest absolute Gasteiger partial charge is 0.326 e. The van der Waals surface area contributed by atoms with Crippen LogP contribution in [-0.4, -0.2) is 64.4 Å². The highest BCUT2D eigenvalue weighted by atomic mass is 32.2. The Labute approximate surface area is 112 Å². The highest BCUT2D eigenvalue weighted by Crippen LogP contribution is 2.11. The van der Waals surface area contributed by atoms with Crippen molar-refractivity contribution in [2.24, 2.45) is 0 Å². The number of likely N-dealkylation sites (N-methyl/N-ethyl adjacent to an activating group) is 1. The fourth-order valence-electron chi connectivity index (χ4n) is 1.12. The normalized spacial score (nSPS) is 12.9. The third-order valence-electron chi connectivity index (χ3n) is 2.81. The maximum absolute atomic E-state index is 11.9. The van der Waals surface area contributed by atoms with E-state index in [0.717, 1.165) is 0 Å². The maximum Gasteiger partial charge on any atom is 0.326 e. The molecule has 2 amide bonds. The molecule has 0 fully saturated rings. The van der Waals surface area contributed by atoms with Gasteiger partial charge in [-0.2, -0.15) is 11.8 Å². The van der Waals surface area contributed by atoms with Gasteiger partial charge in [0.05, 0.1) is 12.1 Å². The van der Waals surface area contributed by atoms with Crippen LogP contribution in [0.1, 0.15) is 20.3 Å². The Morgan fingerprint density at radius 3 is 2.39 bits per heavy atom. The lowest BCUT2D eigenvalue weighted by molar-refractivity contribution is -0.139. The highest BCUT2D eigenvalue weighted by molar-refractivity contribution is 7.98. The number of rotatable bonds is 7. The van der Waals surface area contributed by atoms with Crippen molar-refractivity contribution in [1.82, 2.24) is 10.2 Å². The summed E-state index contributed by atoms with van der Waals surface area (Å²) in [5, 5.41) is 20.6. The van der Waals surface area contributed by atoms with Gasteiger partial charge in [0.25, 0.3) is 0 Å². The van der Waals surface area contributed by atoms with Crippen molar-refractivity contribution in [2.75, 3.05) is 25.7 Å². The summed E-state index contributed by atoms with van der Waals surface area (Å²) in [4.78, 5) is 24.2. The number of hydrogen-bond donors (Lipinski definition) is 3. The van der Waals surface area contributed by atoms with E-state index in [1.165, 1.54) is 23.7 Å². The van der Waals surface area contributed by atoms with Crippen LogP contribution in [-0.2, 0) is 4.79 Å². The van der Waals surface area contributed by atoms with Gasteiger partial charge in [-0.25, -0.2) is 9.59 Å². The molecular weight excluding hydrogens is 256 g/mol. The standard InChI is InChI=1S/C11H22N2O4S/c1-11(2,7-14)13(3)10(17)12-8(9(15)16)5-6-18-4/h8,14H,5-7H2,1-4H3,(H,12,17)(H,15,16)/t8-/m0/s1. The molecule has 0 saturated heterocycles. The number of amides is 2. The first-order valence-corrected chi connectivity index (χ1v) is 7.02. The van der Waals surface area contributed by atoms with Crippen LogP contribution in [0, 0.1) is 0 Å². The fourth-order valence-corrected chi connectivity index (χ4v) is 1.59. The number of nitrogens with one attached hydrogen (secondary N) is 1. The van der Waals surface area contributed by atoms with Crippen molar-refractivity contribution in [3.8, 4) is 0 Å². The minimum atomic E-state index is -1.05. The number of hydrogen-bond acceptors (Lipinski definition) is 4. The molecule has 18 heavy (non-hydrogen) atoms. The molecule has 106 valence electrons. The van der Waals surface area contributed by atoms with Crippen molar-refractivity contribution < 1.29 is 19.8 Å². The van der Waals surface area contributed by atoms with Crippen LogP contribution in [0.4, 0.5) is 4.79 Å². The van der Waals surface area contributed by atoms with Crippen LogP contribution in [0.2, 0.25) is 0 Å². The Balaban J connectivity index is 4.55. The zero-order chi connectivity index (χ0) is 14.3. The van der Waals surface area contributed by atoms with Crippen LogP contribution in [0.5, 0.6) is 0 Å². The maximum atomic E-state index is 11.9. The molecular formula is C11H22N2O4S. The van der Waals surface area contributed by atoms with Gasteiger partial charge in [0.1, 0.15) is 6.04 Å². The zero-order valence-corrected chi connectivity index (χ0v) is 12.1. The van der Waals surface area contributed by atoms with Gasteiger partial charge in [-0.1, -0.05) is 0 Å². The molecule has 0 bridgehead atoms. The summed E-state index contributed by atoms with van der Waals surface area (Å²) in [5.74, 6) is -0.391. The van der Waals surface area contributed by atoms with Crippen LogP contribution >= 0.6 is 11.8 Å². The number of carbonyl (C=O) groups excluding carboxylic acids is 1. The molecule has 0 aliphatic carbocycles. The van der Waals surface area contributed by atoms with Gasteiger partial charge in [0, 0.05) is 7.05 Å². The third-order valence-corrected chi connectivity index (χ3v) is 3.45. The molecule has 0 rings (SSSR count). The lowest BCUT2D eigenvalue weighted by atomic mass is 10.1. The summed E-state index contributed by atoms with van der Waals surface area (Å²) in [7, 11) is 1.53. The number of aliphatic hydroxyl groups excluding tert-OH is 1. The predicted octanol–water partition coefficient (Wildman–Crippen LogP) is 0.605. The van der Waals surface area contributed by atoms with Gasteiger partial charge in [0.15, 0.2) is 0 Å². The van der Waals surface area contributed by atoms with Crippen molar-refractivity contribution in [1.29, 1.82) is 0 Å². The van der Waals surface area contributed by atoms with Crippen LogP contribution in [0.3, 0.4) is 0 Å². The Morgan fingerprint density at radius 2 is 2.00 bits per heavy atom. The average Bonchev–Trinajstić information content (AvgIpc) is 2.32. The minimum absolute atomic E-state index is 0.195. The SMILES string of the molecule is CSCC[C@H](NC(=O)N(C)C(C)(C)CO)C(=O)O. The van der Waals surface area contributed by atoms with E-state index in [-0.39, 0.29) is 6.61 Å². The number of carboxylic acid groups (broad SMARTS) is 1. The molecule has 0 heterocycles. The molecule has 0 aromatic rings. The van der Waals surface area contributed by atoms with E-state index in [9.17, 15) is 9.59 Å². The zero-order valence-electron chi connectivity index (χ0n) is 11.3. The molecule has 0 radical (unpaired) electrons. The van der Waals surface area contributed by atoms with E-state index in [1.807, 2.05) is 6.26 Å². The molecule has 0 aromatic heterocycles. The van der Waals surface area contributed by atoms with Crippen molar-refractivity contribution in [2.45, 2.75) is 31.8 Å². The minimum Gasteiger partial charge on any atom is -0.480 e. The number of aliphatic hydroxyl groups is 1. The molecule has 0 aliphatic heterocycles. The first-order chi connectivity index (χ1) is 8.26. The molecule has 0 saturated carbocycles. The number of urea groups is 1. The van der Waals surface area contributed by atoms with Gasteiger partial charge in [-0.05, 0) is 32.3 Å². The average molecular weight is 278 g/mol. The molecule has 7 heteroatoms. The second kappa shape index (κ2) is 7.48. The van der Waals surface area contributed by atoms with Gasteiger partial charge < -0.3 is 20.4 Å². The molecule has 0 spiro atoms. The number of thioether (sulfide) groups is 1. The predicted molar refractivity (Wildman–Crippen MR) is 71.9 cm³/mol. The monoisotopic (exact) mass is 278 g/mol. The van der Waals surface area contributed by atoms with Crippen molar-refractivity contribution in [3.05, 3.63) is 0 Å². The molecule has 0 unspecified atom stereocenters. The summed E-state index contributed by atoms with van der Waals surface area (Å²) in [5.41, 5.74) is -0.730. The summed E-state index contributed by atoms with van der Waals surface area (Å²) < 4.78 is 0. The first-order valence-electron chi connectivity index (χ1n) is 5.63. The Bertz CT molecular complexity index is 297. The van der Waals surface area contributed by atoms with E-state index >= 15 is 0 Å². The summed E-state index contributed by atoms with van der Waals surface area (Å²) in [6, 6.07) is -1.40. The largest absolute Gasteiger partial charge is 0.480 e. The molecule has 0 aromatic carbocycles. The molecule has 0 aliphatic rings. The summed E-state index contributed by atoms with van der Waals surface area (Å²) in [6.45, 7) is 3.20. The lowest BCUT2D eigenvalue weighted by Crippen LogP contribution is -2.55. The van der Waals surface area contributed by atoms with E-state index in [2.05, 4.69) is 5.32 Å². The second-order valence-electron chi connectivity index (χ2n) is 4.65. The number of nitrogens with zero attached hydrogens (tertiary/aromatic N) is 1. The fraction of sp³-hybridized carbons (Fsp3) is 0.818. The third kappa shape index (κ3) is 5.14. The van der Waals surface area contributed by atoms with E-state index in [1.54, 1.807) is 13.8 Å². The Kier molecular flexibility index (Phi) is 7.08. The molecule has 1 atom stereocenters. The van der Waals surface area contributed by atoms with Crippen LogP contribution in [0.25, 0.3) is 0 Å². The van der Waals surface area contributed by atoms with Gasteiger partial charge in [-0.3, -0.25) is 0 Å². The molecule has 6 nitrogen and oxygen atoms in total. The van der Waals surface area contributed by atoms with E-state index in [4.69, 9.17) is 10.2 Å². The Hall–Kier alpha value is -0.950. The number of carboxylic acids is 1. The first kappa shape index (κ1) is 17.1. The summed E-state index contributed by atoms with van der Waals surface area (Å²) in [6.07, 6.45) is 2.25. The number of carbonyl (C=O) groups is 2. The van der Waals surface area contributed by atoms with Gasteiger partial charge in [0.2, 0.25) is 0 Å². The second-order valence-corrected chi connectivity index (χ2v) is 5.64. The van der Waals surface area contributed by atoms with E-state index in [0.29, 0.717) is 12.2 Å². The van der Waals surface area contributed by atoms with Crippen LogP contribution < -0.4 is 5.32 Å². The number of aliphatic carboxylic acids is 1. The quantitative estimate of drug-likeness (QED) is 0.634. The van der Waals surface area contributed by atoms with Gasteiger partial charge >= 0.3 is 12.0 Å².